The number of benzene rings is 2. The standard InChI is InChI=1S/C26H30F3NO4/c1-3-32-24(31)17-33-23-14-11-21(15-18(23)2)25(20-7-5-4-6-8-20)30-34-16-19-9-12-22(13-10-19)26(27,28)29/h9-15,20H,3-8,16-17H2,1-2H3. The molecule has 0 radical (unpaired) electrons. The molecule has 0 aliphatic heterocycles. The molecule has 1 fully saturated rings. The molecule has 184 valence electrons. The molecule has 2 aromatic carbocycles. The molecule has 1 aliphatic carbocycles. The molecule has 3 rings (SSSR count). The molecular weight excluding hydrogens is 447 g/mol. The quantitative estimate of drug-likeness (QED) is 0.236. The van der Waals surface area contributed by atoms with Crippen molar-refractivity contribution in [2.75, 3.05) is 13.2 Å². The number of halogens is 3. The molecule has 1 aliphatic rings. The van der Waals surface area contributed by atoms with E-state index in [4.69, 9.17) is 14.3 Å². The maximum atomic E-state index is 12.8. The fourth-order valence-corrected chi connectivity index (χ4v) is 4.02. The summed E-state index contributed by atoms with van der Waals surface area (Å²) in [6.07, 6.45) is 1.06. The predicted molar refractivity (Wildman–Crippen MR) is 123 cm³/mol. The first kappa shape index (κ1) is 25.6. The second-order valence-electron chi connectivity index (χ2n) is 8.35. The Morgan fingerprint density at radius 1 is 1.06 bits per heavy atom. The van der Waals surface area contributed by atoms with Crippen LogP contribution in [0.25, 0.3) is 0 Å². The van der Waals surface area contributed by atoms with Gasteiger partial charge in [-0.3, -0.25) is 0 Å². The van der Waals surface area contributed by atoms with Crippen LogP contribution in [-0.2, 0) is 27.2 Å². The van der Waals surface area contributed by atoms with Gasteiger partial charge >= 0.3 is 12.1 Å². The number of esters is 1. The van der Waals surface area contributed by atoms with Gasteiger partial charge in [-0.25, -0.2) is 4.79 Å². The molecule has 0 heterocycles. The number of carbonyl (C=O) groups excluding carboxylic acids is 1. The highest BCUT2D eigenvalue weighted by Gasteiger charge is 2.30. The molecule has 0 amide bonds. The molecule has 0 spiro atoms. The molecule has 0 saturated heterocycles. The monoisotopic (exact) mass is 477 g/mol. The number of oxime groups is 1. The van der Waals surface area contributed by atoms with Crippen LogP contribution in [0.3, 0.4) is 0 Å². The van der Waals surface area contributed by atoms with Crippen molar-refractivity contribution >= 4 is 11.7 Å². The van der Waals surface area contributed by atoms with Crippen LogP contribution in [0.15, 0.2) is 47.6 Å². The number of ether oxygens (including phenoxy) is 2. The lowest BCUT2D eigenvalue weighted by Crippen LogP contribution is -2.20. The molecule has 0 unspecified atom stereocenters. The summed E-state index contributed by atoms with van der Waals surface area (Å²) >= 11 is 0. The van der Waals surface area contributed by atoms with Crippen molar-refractivity contribution in [2.24, 2.45) is 11.1 Å². The van der Waals surface area contributed by atoms with Crippen molar-refractivity contribution in [2.45, 2.75) is 58.7 Å². The third-order valence-corrected chi connectivity index (χ3v) is 5.79. The van der Waals surface area contributed by atoms with E-state index in [0.29, 0.717) is 17.9 Å². The minimum absolute atomic E-state index is 0.0775. The Bertz CT molecular complexity index is 981. The summed E-state index contributed by atoms with van der Waals surface area (Å²) in [4.78, 5) is 17.2. The lowest BCUT2D eigenvalue weighted by atomic mass is 9.83. The van der Waals surface area contributed by atoms with Gasteiger partial charge in [0.2, 0.25) is 0 Å². The summed E-state index contributed by atoms with van der Waals surface area (Å²) in [6.45, 7) is 3.85. The smallest absolute Gasteiger partial charge is 0.416 e. The Balaban J connectivity index is 1.73. The largest absolute Gasteiger partial charge is 0.482 e. The Hall–Kier alpha value is -3.03. The summed E-state index contributed by atoms with van der Waals surface area (Å²) in [5.41, 5.74) is 2.50. The van der Waals surface area contributed by atoms with Crippen LogP contribution in [0.4, 0.5) is 13.2 Å². The molecular formula is C26H30F3NO4. The van der Waals surface area contributed by atoms with Gasteiger partial charge < -0.3 is 14.3 Å². The Morgan fingerprint density at radius 2 is 1.76 bits per heavy atom. The normalized spacial score (nSPS) is 15.1. The molecule has 8 heteroatoms. The zero-order valence-electron chi connectivity index (χ0n) is 19.5. The second-order valence-corrected chi connectivity index (χ2v) is 8.35. The second kappa shape index (κ2) is 11.9. The highest BCUT2D eigenvalue weighted by Crippen LogP contribution is 2.31. The van der Waals surface area contributed by atoms with E-state index in [1.807, 2.05) is 19.1 Å². The molecule has 0 N–H and O–H groups in total. The summed E-state index contributed by atoms with van der Waals surface area (Å²) in [6, 6.07) is 10.5. The van der Waals surface area contributed by atoms with Crippen LogP contribution in [-0.4, -0.2) is 24.9 Å². The average molecular weight is 478 g/mol. The molecule has 34 heavy (non-hydrogen) atoms. The van der Waals surface area contributed by atoms with Crippen LogP contribution in [0.2, 0.25) is 0 Å². The van der Waals surface area contributed by atoms with Crippen molar-refractivity contribution in [3.05, 3.63) is 64.7 Å². The fraction of sp³-hybridized carbons (Fsp3) is 0.462. The molecule has 2 aromatic rings. The highest BCUT2D eigenvalue weighted by molar-refractivity contribution is 6.02. The van der Waals surface area contributed by atoms with Crippen molar-refractivity contribution < 1.29 is 32.3 Å². The van der Waals surface area contributed by atoms with Crippen LogP contribution < -0.4 is 4.74 Å². The molecule has 0 atom stereocenters. The van der Waals surface area contributed by atoms with Crippen molar-refractivity contribution in [3.8, 4) is 5.75 Å². The Kier molecular flexibility index (Phi) is 8.96. The highest BCUT2D eigenvalue weighted by atomic mass is 19.4. The molecule has 5 nitrogen and oxygen atoms in total. The van der Waals surface area contributed by atoms with Gasteiger partial charge in [-0.15, -0.1) is 0 Å². The lowest BCUT2D eigenvalue weighted by molar-refractivity contribution is -0.145. The van der Waals surface area contributed by atoms with Crippen LogP contribution in [0.5, 0.6) is 5.75 Å². The maximum absolute atomic E-state index is 12.8. The number of rotatable bonds is 9. The topological polar surface area (TPSA) is 57.1 Å². The van der Waals surface area contributed by atoms with Crippen LogP contribution in [0, 0.1) is 12.8 Å². The van der Waals surface area contributed by atoms with E-state index in [1.54, 1.807) is 13.0 Å². The minimum atomic E-state index is -4.37. The SMILES string of the molecule is CCOC(=O)COc1ccc(C(=NOCc2ccc(C(F)(F)F)cc2)C2CCCCC2)cc1C. The average Bonchev–Trinajstić information content (AvgIpc) is 2.81. The number of alkyl halides is 3. The van der Waals surface area contributed by atoms with E-state index in [1.165, 1.54) is 18.6 Å². The fourth-order valence-electron chi connectivity index (χ4n) is 4.02. The van der Waals surface area contributed by atoms with Crippen LogP contribution >= 0.6 is 0 Å². The Labute approximate surface area is 197 Å². The number of aryl methyl sites for hydroxylation is 1. The van der Waals surface area contributed by atoms with Gasteiger partial charge in [-0.1, -0.05) is 36.6 Å². The number of hydrogen-bond acceptors (Lipinski definition) is 5. The molecule has 1 saturated carbocycles. The van der Waals surface area contributed by atoms with Gasteiger partial charge in [0.15, 0.2) is 6.61 Å². The van der Waals surface area contributed by atoms with Crippen molar-refractivity contribution in [1.29, 1.82) is 0 Å². The molecule has 0 aromatic heterocycles. The maximum Gasteiger partial charge on any atom is 0.416 e. The van der Waals surface area contributed by atoms with Gasteiger partial charge in [-0.2, -0.15) is 13.2 Å². The van der Waals surface area contributed by atoms with Gasteiger partial charge in [0.25, 0.3) is 0 Å². The Morgan fingerprint density at radius 3 is 2.38 bits per heavy atom. The van der Waals surface area contributed by atoms with Gasteiger partial charge in [-0.05, 0) is 68.1 Å². The van der Waals surface area contributed by atoms with E-state index >= 15 is 0 Å². The summed E-state index contributed by atoms with van der Waals surface area (Å²) < 4.78 is 48.8. The third kappa shape index (κ3) is 7.23. The number of hydrogen-bond donors (Lipinski definition) is 0. The van der Waals surface area contributed by atoms with E-state index < -0.39 is 17.7 Å². The first-order valence-corrected chi connectivity index (χ1v) is 11.5. The van der Waals surface area contributed by atoms with Gasteiger partial charge in [0.1, 0.15) is 12.4 Å². The third-order valence-electron chi connectivity index (χ3n) is 5.79. The predicted octanol–water partition coefficient (Wildman–Crippen LogP) is 6.46. The molecule has 0 bridgehead atoms. The van der Waals surface area contributed by atoms with Crippen molar-refractivity contribution in [1.82, 2.24) is 0 Å². The van der Waals surface area contributed by atoms with Crippen molar-refractivity contribution in [3.63, 3.8) is 0 Å². The van der Waals surface area contributed by atoms with Crippen LogP contribution in [0.1, 0.15) is 61.3 Å². The van der Waals surface area contributed by atoms with E-state index in [0.717, 1.165) is 54.7 Å². The van der Waals surface area contributed by atoms with E-state index in [-0.39, 0.29) is 19.1 Å². The number of nitrogens with zero attached hydrogens (tertiary/aromatic N) is 1. The summed E-state index contributed by atoms with van der Waals surface area (Å²) in [5, 5.41) is 4.43. The van der Waals surface area contributed by atoms with E-state index in [2.05, 4.69) is 5.16 Å². The lowest BCUT2D eigenvalue weighted by Gasteiger charge is -2.23. The zero-order valence-corrected chi connectivity index (χ0v) is 19.5. The van der Waals surface area contributed by atoms with Gasteiger partial charge in [0, 0.05) is 11.5 Å². The van der Waals surface area contributed by atoms with Gasteiger partial charge in [0.05, 0.1) is 17.9 Å². The van der Waals surface area contributed by atoms with E-state index in [9.17, 15) is 18.0 Å². The summed E-state index contributed by atoms with van der Waals surface area (Å²) in [7, 11) is 0. The number of carbonyl (C=O) groups is 1. The first-order valence-electron chi connectivity index (χ1n) is 11.5. The summed E-state index contributed by atoms with van der Waals surface area (Å²) in [5.74, 6) is 0.407. The minimum Gasteiger partial charge on any atom is -0.482 e. The zero-order chi connectivity index (χ0) is 24.6. The first-order chi connectivity index (χ1) is 16.3.